The van der Waals surface area contributed by atoms with Crippen molar-refractivity contribution in [3.63, 3.8) is 0 Å². The van der Waals surface area contributed by atoms with Crippen LogP contribution in [0.2, 0.25) is 0 Å². The average molecular weight is 366 g/mol. The molecule has 0 aliphatic carbocycles. The van der Waals surface area contributed by atoms with Crippen LogP contribution in [0, 0.1) is 0 Å². The fourth-order valence-corrected chi connectivity index (χ4v) is 3.66. The molecule has 25 heavy (non-hydrogen) atoms. The van der Waals surface area contributed by atoms with Gasteiger partial charge in [-0.05, 0) is 25.5 Å². The smallest absolute Gasteiger partial charge is 0.285 e. The number of hydrogen-bond acceptors (Lipinski definition) is 5. The van der Waals surface area contributed by atoms with E-state index in [-0.39, 0.29) is 23.2 Å². The van der Waals surface area contributed by atoms with E-state index < -0.39 is 22.0 Å². The molecule has 1 aromatic carbocycles. The standard InChI is InChI=1S/C16H22N4O4S/c1-4-9-17-16(22)11(2)18-14(21)10-20(3)15-12-7-5-6-8-13(12)25(23,24)19-15/h5-8,11H,4,9-10H2,1-3H3,(H,17,22)(H,18,21)/t11-/m1/s1. The molecule has 1 atom stereocenters. The van der Waals surface area contributed by atoms with Crippen molar-refractivity contribution in [1.29, 1.82) is 0 Å². The lowest BCUT2D eigenvalue weighted by atomic mass is 10.2. The molecule has 2 rings (SSSR count). The number of amidine groups is 1. The summed E-state index contributed by atoms with van der Waals surface area (Å²) in [6.07, 6.45) is 0.808. The zero-order chi connectivity index (χ0) is 18.6. The third-order valence-corrected chi connectivity index (χ3v) is 5.00. The lowest BCUT2D eigenvalue weighted by Crippen LogP contribution is -2.48. The van der Waals surface area contributed by atoms with Crippen LogP contribution in [0.5, 0.6) is 0 Å². The second-order valence-electron chi connectivity index (χ2n) is 5.82. The number of likely N-dealkylation sites (N-methyl/N-ethyl adjacent to an activating group) is 1. The molecule has 0 unspecified atom stereocenters. The van der Waals surface area contributed by atoms with Gasteiger partial charge in [-0.25, -0.2) is 0 Å². The molecular formula is C16H22N4O4S. The summed E-state index contributed by atoms with van der Waals surface area (Å²) in [5, 5.41) is 5.29. The number of carbonyl (C=O) groups is 2. The minimum absolute atomic E-state index is 0.117. The van der Waals surface area contributed by atoms with Crippen molar-refractivity contribution in [2.45, 2.75) is 31.2 Å². The molecule has 8 nitrogen and oxygen atoms in total. The van der Waals surface area contributed by atoms with Crippen LogP contribution in [0.25, 0.3) is 0 Å². The topological polar surface area (TPSA) is 108 Å². The van der Waals surface area contributed by atoms with Crippen molar-refractivity contribution in [3.05, 3.63) is 29.8 Å². The summed E-state index contributed by atoms with van der Waals surface area (Å²) in [5.74, 6) is -0.441. The Kier molecular flexibility index (Phi) is 5.78. The number of fused-ring (bicyclic) bond motifs is 1. The van der Waals surface area contributed by atoms with Crippen LogP contribution in [-0.4, -0.2) is 57.1 Å². The van der Waals surface area contributed by atoms with Gasteiger partial charge in [0.25, 0.3) is 10.0 Å². The Morgan fingerprint density at radius 2 is 1.96 bits per heavy atom. The molecule has 9 heteroatoms. The van der Waals surface area contributed by atoms with Crippen LogP contribution >= 0.6 is 0 Å². The third kappa shape index (κ3) is 4.36. The number of rotatable bonds is 6. The summed E-state index contributed by atoms with van der Waals surface area (Å²) >= 11 is 0. The summed E-state index contributed by atoms with van der Waals surface area (Å²) in [4.78, 5) is 25.5. The van der Waals surface area contributed by atoms with Crippen molar-refractivity contribution < 1.29 is 18.0 Å². The SMILES string of the molecule is CCCNC(=O)[C@@H](C)NC(=O)CN(C)C1=NS(=O)(=O)c2ccccc21. The van der Waals surface area contributed by atoms with E-state index in [0.29, 0.717) is 12.1 Å². The Balaban J connectivity index is 2.02. The van der Waals surface area contributed by atoms with E-state index in [1.165, 1.54) is 11.0 Å². The van der Waals surface area contributed by atoms with E-state index in [4.69, 9.17) is 0 Å². The lowest BCUT2D eigenvalue weighted by molar-refractivity contribution is -0.128. The van der Waals surface area contributed by atoms with Gasteiger partial charge < -0.3 is 15.5 Å². The fraction of sp³-hybridized carbons (Fsp3) is 0.438. The van der Waals surface area contributed by atoms with Gasteiger partial charge in [-0.1, -0.05) is 19.1 Å². The molecule has 0 spiro atoms. The minimum Gasteiger partial charge on any atom is -0.354 e. The third-order valence-electron chi connectivity index (χ3n) is 3.67. The summed E-state index contributed by atoms with van der Waals surface area (Å²) in [5.41, 5.74) is 0.464. The van der Waals surface area contributed by atoms with Crippen molar-refractivity contribution >= 4 is 27.7 Å². The molecule has 0 bridgehead atoms. The molecule has 1 aliphatic heterocycles. The Morgan fingerprint density at radius 3 is 2.64 bits per heavy atom. The average Bonchev–Trinajstić information content (AvgIpc) is 2.84. The predicted molar refractivity (Wildman–Crippen MR) is 93.7 cm³/mol. The number of hydrogen-bond donors (Lipinski definition) is 2. The van der Waals surface area contributed by atoms with E-state index in [1.807, 2.05) is 6.92 Å². The highest BCUT2D eigenvalue weighted by molar-refractivity contribution is 7.90. The van der Waals surface area contributed by atoms with Crippen LogP contribution in [0.15, 0.2) is 33.6 Å². The van der Waals surface area contributed by atoms with Gasteiger partial charge in [-0.15, -0.1) is 4.40 Å². The fourth-order valence-electron chi connectivity index (χ4n) is 2.41. The zero-order valence-corrected chi connectivity index (χ0v) is 15.3. The van der Waals surface area contributed by atoms with E-state index in [1.54, 1.807) is 32.2 Å². The highest BCUT2D eigenvalue weighted by atomic mass is 32.2. The molecule has 136 valence electrons. The first-order valence-electron chi connectivity index (χ1n) is 7.99. The first kappa shape index (κ1) is 18.9. The summed E-state index contributed by atoms with van der Waals surface area (Å²) in [6, 6.07) is 5.79. The van der Waals surface area contributed by atoms with Gasteiger partial charge in [0.2, 0.25) is 11.8 Å². The van der Waals surface area contributed by atoms with E-state index >= 15 is 0 Å². The monoisotopic (exact) mass is 366 g/mol. The van der Waals surface area contributed by atoms with Gasteiger partial charge in [-0.2, -0.15) is 8.42 Å². The maximum absolute atomic E-state index is 12.1. The van der Waals surface area contributed by atoms with Crippen LogP contribution in [-0.2, 0) is 19.6 Å². The number of amides is 2. The van der Waals surface area contributed by atoms with Gasteiger partial charge in [0, 0.05) is 19.2 Å². The minimum atomic E-state index is -3.73. The molecule has 0 saturated heterocycles. The number of nitrogens with zero attached hydrogens (tertiary/aromatic N) is 2. The number of nitrogens with one attached hydrogen (secondary N) is 2. The van der Waals surface area contributed by atoms with Crippen molar-refractivity contribution in [2.75, 3.05) is 20.1 Å². The van der Waals surface area contributed by atoms with E-state index in [0.717, 1.165) is 6.42 Å². The maximum Gasteiger partial charge on any atom is 0.285 e. The molecule has 0 saturated carbocycles. The van der Waals surface area contributed by atoms with Gasteiger partial charge in [-0.3, -0.25) is 9.59 Å². The molecule has 1 aromatic rings. The molecule has 0 fully saturated rings. The first-order valence-corrected chi connectivity index (χ1v) is 9.43. The molecule has 0 aromatic heterocycles. The van der Waals surface area contributed by atoms with E-state index in [9.17, 15) is 18.0 Å². The second-order valence-corrected chi connectivity index (χ2v) is 7.39. The van der Waals surface area contributed by atoms with Gasteiger partial charge in [0.15, 0.2) is 5.84 Å². The molecule has 0 radical (unpaired) electrons. The summed E-state index contributed by atoms with van der Waals surface area (Å²) in [7, 11) is -2.15. The largest absolute Gasteiger partial charge is 0.354 e. The molecule has 1 heterocycles. The normalized spacial score (nSPS) is 15.7. The van der Waals surface area contributed by atoms with Gasteiger partial charge in [0.1, 0.15) is 10.9 Å². The molecule has 1 aliphatic rings. The van der Waals surface area contributed by atoms with Crippen LogP contribution < -0.4 is 10.6 Å². The zero-order valence-electron chi connectivity index (χ0n) is 14.4. The quantitative estimate of drug-likeness (QED) is 0.742. The molecule has 2 amide bonds. The molecular weight excluding hydrogens is 344 g/mol. The first-order chi connectivity index (χ1) is 11.8. The van der Waals surface area contributed by atoms with Crippen LogP contribution in [0.1, 0.15) is 25.8 Å². The number of carbonyl (C=O) groups excluding carboxylic acids is 2. The summed E-state index contributed by atoms with van der Waals surface area (Å²) < 4.78 is 27.9. The van der Waals surface area contributed by atoms with Gasteiger partial charge in [0.05, 0.1) is 6.54 Å². The Labute approximate surface area is 147 Å². The predicted octanol–water partition coefficient (Wildman–Crippen LogP) is 0.0982. The maximum atomic E-state index is 12.1. The molecule has 2 N–H and O–H groups in total. The van der Waals surface area contributed by atoms with Crippen LogP contribution in [0.4, 0.5) is 0 Å². The highest BCUT2D eigenvalue weighted by Crippen LogP contribution is 2.26. The second kappa shape index (κ2) is 7.64. The Morgan fingerprint density at radius 1 is 1.28 bits per heavy atom. The van der Waals surface area contributed by atoms with E-state index in [2.05, 4.69) is 15.0 Å². The number of sulfonamides is 1. The van der Waals surface area contributed by atoms with Crippen molar-refractivity contribution in [2.24, 2.45) is 4.40 Å². The lowest BCUT2D eigenvalue weighted by Gasteiger charge is -2.20. The van der Waals surface area contributed by atoms with Crippen molar-refractivity contribution in [3.8, 4) is 0 Å². The Bertz CT molecular complexity index is 804. The number of benzene rings is 1. The summed E-state index contributed by atoms with van der Waals surface area (Å²) in [6.45, 7) is 3.96. The van der Waals surface area contributed by atoms with Gasteiger partial charge >= 0.3 is 0 Å². The Hall–Kier alpha value is -2.42. The van der Waals surface area contributed by atoms with Crippen LogP contribution in [0.3, 0.4) is 0 Å². The van der Waals surface area contributed by atoms with Crippen molar-refractivity contribution in [1.82, 2.24) is 15.5 Å². The highest BCUT2D eigenvalue weighted by Gasteiger charge is 2.31.